The number of nitrogens with zero attached hydrogens (tertiary/aromatic N) is 1. The maximum atomic E-state index is 13.1. The number of rotatable bonds is 3. The zero-order chi connectivity index (χ0) is 21.3. The molecule has 2 aliphatic heterocycles. The van der Waals surface area contributed by atoms with Crippen LogP contribution in [-0.4, -0.2) is 41.0 Å². The first-order chi connectivity index (χ1) is 14.4. The summed E-state index contributed by atoms with van der Waals surface area (Å²) in [5.41, 5.74) is 2.51. The Hall–Kier alpha value is -2.32. The molecule has 156 valence electrons. The number of anilines is 2. The fourth-order valence-corrected chi connectivity index (χ4v) is 5.06. The monoisotopic (exact) mass is 487 g/mol. The maximum absolute atomic E-state index is 13.1. The molecule has 2 N–H and O–H groups in total. The number of carbonyl (C=O) groups is 3. The van der Waals surface area contributed by atoms with E-state index in [1.807, 2.05) is 49.4 Å². The van der Waals surface area contributed by atoms with Crippen molar-refractivity contribution in [1.29, 1.82) is 0 Å². The summed E-state index contributed by atoms with van der Waals surface area (Å²) in [6, 6.07) is 13.1. The smallest absolute Gasteiger partial charge is 0.247 e. The van der Waals surface area contributed by atoms with Crippen LogP contribution in [0.25, 0.3) is 0 Å². The van der Waals surface area contributed by atoms with Crippen LogP contribution in [0.5, 0.6) is 0 Å². The van der Waals surface area contributed by atoms with E-state index in [2.05, 4.69) is 26.6 Å². The zero-order valence-corrected chi connectivity index (χ0v) is 18.9. The van der Waals surface area contributed by atoms with Gasteiger partial charge in [0, 0.05) is 28.1 Å². The molecule has 1 fully saturated rings. The van der Waals surface area contributed by atoms with Gasteiger partial charge in [0.15, 0.2) is 5.25 Å². The Morgan fingerprint density at radius 1 is 1.23 bits per heavy atom. The van der Waals surface area contributed by atoms with E-state index in [0.717, 1.165) is 39.1 Å². The van der Waals surface area contributed by atoms with Crippen LogP contribution in [0.15, 0.2) is 51.8 Å². The zero-order valence-electron chi connectivity index (χ0n) is 16.5. The van der Waals surface area contributed by atoms with Gasteiger partial charge in [-0.2, -0.15) is 0 Å². The largest absolute Gasteiger partial charge is 0.340 e. The highest BCUT2D eigenvalue weighted by atomic mass is 79.9. The van der Waals surface area contributed by atoms with Crippen molar-refractivity contribution >= 4 is 56.8 Å². The quantitative estimate of drug-likeness (QED) is 0.640. The average Bonchev–Trinajstić information content (AvgIpc) is 2.75. The van der Waals surface area contributed by atoms with Crippen molar-refractivity contribution in [2.75, 3.05) is 23.7 Å². The standard InChI is InChI=1S/C22H22BrN3O3S/c1-13-11-15(8-9-16(13)23)24-20(27)14-5-4-10-26(12-14)22(29)19-21(28)25-17-6-2-3-7-18(17)30-19/h2-3,6-9,11,14,19H,4-5,10,12H2,1H3,(H,24,27)(H,25,28)/t14-,19+/m1/s1. The number of piperidine rings is 1. The summed E-state index contributed by atoms with van der Waals surface area (Å²) in [6.07, 6.45) is 1.46. The molecule has 0 spiro atoms. The van der Waals surface area contributed by atoms with Crippen molar-refractivity contribution in [1.82, 2.24) is 4.90 Å². The summed E-state index contributed by atoms with van der Waals surface area (Å²) in [7, 11) is 0. The SMILES string of the molecule is Cc1cc(NC(=O)[C@@H]2CCCN(C(=O)[C@H]3Sc4ccccc4NC3=O)C2)ccc1Br. The first kappa shape index (κ1) is 20.9. The van der Waals surface area contributed by atoms with Gasteiger partial charge in [-0.1, -0.05) is 28.1 Å². The van der Waals surface area contributed by atoms with E-state index in [-0.39, 0.29) is 23.6 Å². The minimum atomic E-state index is -0.823. The number of likely N-dealkylation sites (tertiary alicyclic amines) is 1. The minimum absolute atomic E-state index is 0.0969. The van der Waals surface area contributed by atoms with Gasteiger partial charge >= 0.3 is 0 Å². The lowest BCUT2D eigenvalue weighted by Gasteiger charge is -2.35. The average molecular weight is 488 g/mol. The summed E-state index contributed by atoms with van der Waals surface area (Å²) in [4.78, 5) is 40.9. The van der Waals surface area contributed by atoms with Crippen LogP contribution in [-0.2, 0) is 14.4 Å². The highest BCUT2D eigenvalue weighted by Gasteiger charge is 2.38. The number of halogens is 1. The second-order valence-corrected chi connectivity index (χ2v) is 9.56. The van der Waals surface area contributed by atoms with Crippen molar-refractivity contribution in [3.05, 3.63) is 52.5 Å². The molecular formula is C22H22BrN3O3S. The lowest BCUT2D eigenvalue weighted by molar-refractivity contribution is -0.136. The van der Waals surface area contributed by atoms with E-state index in [1.54, 1.807) is 4.90 Å². The summed E-state index contributed by atoms with van der Waals surface area (Å²) >= 11 is 4.73. The van der Waals surface area contributed by atoms with Crippen LogP contribution in [0.4, 0.5) is 11.4 Å². The molecule has 2 aromatic rings. The van der Waals surface area contributed by atoms with Gasteiger partial charge in [-0.05, 0) is 55.7 Å². The number of para-hydroxylation sites is 1. The molecule has 0 saturated carbocycles. The molecule has 4 rings (SSSR count). The van der Waals surface area contributed by atoms with Crippen molar-refractivity contribution in [3.8, 4) is 0 Å². The van der Waals surface area contributed by atoms with Crippen LogP contribution in [0.1, 0.15) is 18.4 Å². The molecule has 1 saturated heterocycles. The van der Waals surface area contributed by atoms with Crippen molar-refractivity contribution < 1.29 is 14.4 Å². The van der Waals surface area contributed by atoms with Crippen molar-refractivity contribution in [2.45, 2.75) is 29.9 Å². The van der Waals surface area contributed by atoms with Gasteiger partial charge in [-0.15, -0.1) is 11.8 Å². The second kappa shape index (κ2) is 8.81. The van der Waals surface area contributed by atoms with Gasteiger partial charge in [0.05, 0.1) is 11.6 Å². The van der Waals surface area contributed by atoms with Crippen molar-refractivity contribution in [2.24, 2.45) is 5.92 Å². The Bertz CT molecular complexity index is 1010. The van der Waals surface area contributed by atoms with Gasteiger partial charge in [0.1, 0.15) is 0 Å². The second-order valence-electron chi connectivity index (χ2n) is 7.56. The predicted molar refractivity (Wildman–Crippen MR) is 122 cm³/mol. The molecule has 0 bridgehead atoms. The molecule has 0 aliphatic carbocycles. The lowest BCUT2D eigenvalue weighted by Crippen LogP contribution is -2.50. The minimum Gasteiger partial charge on any atom is -0.340 e. The molecule has 2 atom stereocenters. The van der Waals surface area contributed by atoms with Gasteiger partial charge in [-0.25, -0.2) is 0 Å². The Morgan fingerprint density at radius 3 is 2.83 bits per heavy atom. The third-order valence-corrected chi connectivity index (χ3v) is 7.53. The first-order valence-electron chi connectivity index (χ1n) is 9.85. The van der Waals surface area contributed by atoms with E-state index >= 15 is 0 Å². The topological polar surface area (TPSA) is 78.5 Å². The summed E-state index contributed by atoms with van der Waals surface area (Å²) in [5.74, 6) is -0.930. The number of benzene rings is 2. The van der Waals surface area contributed by atoms with Crippen LogP contribution in [0.2, 0.25) is 0 Å². The summed E-state index contributed by atoms with van der Waals surface area (Å²) in [6.45, 7) is 2.85. The van der Waals surface area contributed by atoms with Crippen LogP contribution in [0.3, 0.4) is 0 Å². The van der Waals surface area contributed by atoms with Crippen LogP contribution >= 0.6 is 27.7 Å². The Balaban J connectivity index is 1.42. The van der Waals surface area contributed by atoms with E-state index in [9.17, 15) is 14.4 Å². The van der Waals surface area contributed by atoms with Gasteiger partial charge in [0.2, 0.25) is 17.7 Å². The molecule has 0 aromatic heterocycles. The predicted octanol–water partition coefficient (Wildman–Crippen LogP) is 4.05. The highest BCUT2D eigenvalue weighted by molar-refractivity contribution is 9.10. The number of thioether (sulfide) groups is 1. The van der Waals surface area contributed by atoms with Gasteiger partial charge in [0.25, 0.3) is 0 Å². The van der Waals surface area contributed by atoms with Crippen LogP contribution in [0, 0.1) is 12.8 Å². The Kier molecular flexibility index (Phi) is 6.15. The number of hydrogen-bond acceptors (Lipinski definition) is 4. The van der Waals surface area contributed by atoms with E-state index in [1.165, 1.54) is 11.8 Å². The number of nitrogens with one attached hydrogen (secondary N) is 2. The molecule has 2 aliphatic rings. The molecule has 8 heteroatoms. The molecule has 3 amide bonds. The Labute approximate surface area is 187 Å². The fourth-order valence-electron chi connectivity index (χ4n) is 3.74. The Morgan fingerprint density at radius 2 is 2.03 bits per heavy atom. The normalized spacial score (nSPS) is 20.9. The van der Waals surface area contributed by atoms with E-state index in [0.29, 0.717) is 13.1 Å². The maximum Gasteiger partial charge on any atom is 0.247 e. The third-order valence-electron chi connectivity index (χ3n) is 5.38. The number of amides is 3. The molecule has 2 heterocycles. The molecular weight excluding hydrogens is 466 g/mol. The van der Waals surface area contributed by atoms with E-state index in [4.69, 9.17) is 0 Å². The molecule has 6 nitrogen and oxygen atoms in total. The van der Waals surface area contributed by atoms with Gasteiger partial charge in [-0.3, -0.25) is 14.4 Å². The summed E-state index contributed by atoms with van der Waals surface area (Å²) in [5, 5.41) is 4.95. The van der Waals surface area contributed by atoms with Crippen molar-refractivity contribution in [3.63, 3.8) is 0 Å². The lowest BCUT2D eigenvalue weighted by atomic mass is 9.96. The fraction of sp³-hybridized carbons (Fsp3) is 0.318. The number of carbonyl (C=O) groups excluding carboxylic acids is 3. The number of fused-ring (bicyclic) bond motifs is 1. The first-order valence-corrected chi connectivity index (χ1v) is 11.5. The molecule has 2 aromatic carbocycles. The number of hydrogen-bond donors (Lipinski definition) is 2. The molecule has 0 unspecified atom stereocenters. The third kappa shape index (κ3) is 4.39. The van der Waals surface area contributed by atoms with Gasteiger partial charge < -0.3 is 15.5 Å². The summed E-state index contributed by atoms with van der Waals surface area (Å²) < 4.78 is 0.986. The molecule has 0 radical (unpaired) electrons. The highest BCUT2D eigenvalue weighted by Crippen LogP contribution is 2.36. The molecule has 30 heavy (non-hydrogen) atoms. The van der Waals surface area contributed by atoms with E-state index < -0.39 is 5.25 Å². The number of aryl methyl sites for hydroxylation is 1. The van der Waals surface area contributed by atoms with Crippen LogP contribution < -0.4 is 10.6 Å².